The third kappa shape index (κ3) is 5.44. The fraction of sp³-hybridized carbons (Fsp3) is 0.185. The van der Waals surface area contributed by atoms with Crippen molar-refractivity contribution in [3.63, 3.8) is 0 Å². The lowest BCUT2D eigenvalue weighted by molar-refractivity contribution is -0.132. The summed E-state index contributed by atoms with van der Waals surface area (Å²) >= 11 is 6.25. The summed E-state index contributed by atoms with van der Waals surface area (Å²) in [5.41, 5.74) is 3.52. The van der Waals surface area contributed by atoms with Crippen molar-refractivity contribution in [3.05, 3.63) is 107 Å². The molecule has 0 spiro atoms. The van der Waals surface area contributed by atoms with Crippen molar-refractivity contribution >= 4 is 17.5 Å². The molecule has 168 valence electrons. The number of ether oxygens (including phenoxy) is 1. The summed E-state index contributed by atoms with van der Waals surface area (Å²) < 4.78 is 8.09. The number of amides is 1. The maximum absolute atomic E-state index is 12.9. The number of carbonyl (C=O) groups excluding carboxylic acids is 1. The topological polar surface area (TPSA) is 47.4 Å². The Hall–Kier alpha value is -3.57. The zero-order chi connectivity index (χ0) is 23.2. The van der Waals surface area contributed by atoms with Crippen LogP contribution in [0.15, 0.2) is 84.9 Å². The minimum atomic E-state index is 0.0689. The number of aromatic nitrogens is 2. The van der Waals surface area contributed by atoms with E-state index in [2.05, 4.69) is 0 Å². The molecule has 3 aromatic carbocycles. The van der Waals surface area contributed by atoms with Gasteiger partial charge < -0.3 is 9.64 Å². The first-order valence-corrected chi connectivity index (χ1v) is 11.3. The van der Waals surface area contributed by atoms with Crippen LogP contribution in [0.3, 0.4) is 0 Å². The Morgan fingerprint density at radius 2 is 1.67 bits per heavy atom. The molecule has 0 aliphatic carbocycles. The van der Waals surface area contributed by atoms with E-state index in [-0.39, 0.29) is 5.91 Å². The van der Waals surface area contributed by atoms with Gasteiger partial charge in [0.1, 0.15) is 5.75 Å². The Morgan fingerprint density at radius 1 is 0.970 bits per heavy atom. The second-order valence-corrected chi connectivity index (χ2v) is 8.20. The summed E-state index contributed by atoms with van der Waals surface area (Å²) in [6, 6.07) is 27.0. The van der Waals surface area contributed by atoms with E-state index in [1.165, 1.54) is 0 Å². The van der Waals surface area contributed by atoms with Crippen LogP contribution in [0.2, 0.25) is 5.02 Å². The van der Waals surface area contributed by atoms with Gasteiger partial charge in [-0.25, -0.2) is 4.68 Å². The zero-order valence-corrected chi connectivity index (χ0v) is 19.5. The summed E-state index contributed by atoms with van der Waals surface area (Å²) in [4.78, 5) is 14.7. The van der Waals surface area contributed by atoms with Crippen LogP contribution in [0.25, 0.3) is 5.69 Å². The van der Waals surface area contributed by atoms with Gasteiger partial charge in [-0.2, -0.15) is 5.10 Å². The molecule has 4 aromatic rings. The SMILES string of the molecule is CCC(=O)N(Cc1ccccc1)Cc1c(C)nn(-c2cccc(Cl)c2)c1Oc1ccccc1. The minimum Gasteiger partial charge on any atom is -0.439 e. The van der Waals surface area contributed by atoms with Crippen molar-refractivity contribution in [1.82, 2.24) is 14.7 Å². The van der Waals surface area contributed by atoms with Crippen molar-refractivity contribution in [1.29, 1.82) is 0 Å². The number of aryl methyl sites for hydroxylation is 1. The molecule has 5 nitrogen and oxygen atoms in total. The highest BCUT2D eigenvalue weighted by molar-refractivity contribution is 6.30. The average Bonchev–Trinajstić information content (AvgIpc) is 3.14. The van der Waals surface area contributed by atoms with Gasteiger partial charge in [0.05, 0.1) is 23.5 Å². The Bertz CT molecular complexity index is 1220. The van der Waals surface area contributed by atoms with E-state index in [1.807, 2.05) is 104 Å². The third-order valence-corrected chi connectivity index (χ3v) is 5.60. The summed E-state index contributed by atoms with van der Waals surface area (Å²) in [6.45, 7) is 4.71. The Morgan fingerprint density at radius 3 is 2.33 bits per heavy atom. The molecule has 6 heteroatoms. The molecule has 1 heterocycles. The summed E-state index contributed by atoms with van der Waals surface area (Å²) in [7, 11) is 0. The van der Waals surface area contributed by atoms with Gasteiger partial charge in [-0.05, 0) is 42.8 Å². The zero-order valence-electron chi connectivity index (χ0n) is 18.7. The molecule has 0 saturated carbocycles. The van der Waals surface area contributed by atoms with Gasteiger partial charge in [-0.3, -0.25) is 4.79 Å². The lowest BCUT2D eigenvalue weighted by Gasteiger charge is -2.23. The first-order chi connectivity index (χ1) is 16.0. The van der Waals surface area contributed by atoms with Crippen LogP contribution in [0.5, 0.6) is 11.6 Å². The summed E-state index contributed by atoms with van der Waals surface area (Å²) in [6.07, 6.45) is 0.420. The fourth-order valence-corrected chi connectivity index (χ4v) is 3.84. The number of carbonyl (C=O) groups is 1. The molecule has 0 aliphatic heterocycles. The minimum absolute atomic E-state index is 0.0689. The van der Waals surface area contributed by atoms with E-state index in [0.29, 0.717) is 36.2 Å². The van der Waals surface area contributed by atoms with E-state index >= 15 is 0 Å². The van der Waals surface area contributed by atoms with Crippen molar-refractivity contribution in [2.75, 3.05) is 0 Å². The molecule has 0 bridgehead atoms. The van der Waals surface area contributed by atoms with Crippen molar-refractivity contribution < 1.29 is 9.53 Å². The average molecular weight is 460 g/mol. The Kier molecular flexibility index (Phi) is 7.10. The van der Waals surface area contributed by atoms with E-state index in [9.17, 15) is 4.79 Å². The van der Waals surface area contributed by atoms with Crippen molar-refractivity contribution in [3.8, 4) is 17.3 Å². The monoisotopic (exact) mass is 459 g/mol. The number of hydrogen-bond donors (Lipinski definition) is 0. The predicted molar refractivity (Wildman–Crippen MR) is 131 cm³/mol. The Balaban J connectivity index is 1.76. The predicted octanol–water partition coefficient (Wildman–Crippen LogP) is 6.57. The third-order valence-electron chi connectivity index (χ3n) is 5.37. The molecule has 33 heavy (non-hydrogen) atoms. The maximum Gasteiger partial charge on any atom is 0.227 e. The second-order valence-electron chi connectivity index (χ2n) is 7.76. The van der Waals surface area contributed by atoms with E-state index in [1.54, 1.807) is 4.68 Å². The van der Waals surface area contributed by atoms with Gasteiger partial charge in [-0.15, -0.1) is 0 Å². The quantitative estimate of drug-likeness (QED) is 0.299. The molecule has 0 atom stereocenters. The number of benzene rings is 3. The van der Waals surface area contributed by atoms with Gasteiger partial charge in [0.25, 0.3) is 0 Å². The van der Waals surface area contributed by atoms with E-state index in [4.69, 9.17) is 21.4 Å². The van der Waals surface area contributed by atoms with Gasteiger partial charge in [0, 0.05) is 18.0 Å². The fourth-order valence-electron chi connectivity index (χ4n) is 3.66. The number of para-hydroxylation sites is 1. The van der Waals surface area contributed by atoms with Crippen LogP contribution in [-0.4, -0.2) is 20.6 Å². The molecule has 0 radical (unpaired) electrons. The van der Waals surface area contributed by atoms with Gasteiger partial charge in [-0.1, -0.05) is 73.1 Å². The molecular formula is C27H26ClN3O2. The number of rotatable bonds is 8. The molecular weight excluding hydrogens is 434 g/mol. The van der Waals surface area contributed by atoms with Crippen LogP contribution in [0.1, 0.15) is 30.2 Å². The molecule has 1 amide bonds. The Labute approximate surface area is 199 Å². The lowest BCUT2D eigenvalue weighted by Crippen LogP contribution is -2.29. The highest BCUT2D eigenvalue weighted by atomic mass is 35.5. The first-order valence-electron chi connectivity index (χ1n) is 10.9. The summed E-state index contributed by atoms with van der Waals surface area (Å²) in [5.74, 6) is 1.33. The number of halogens is 1. The highest BCUT2D eigenvalue weighted by Crippen LogP contribution is 2.32. The van der Waals surface area contributed by atoms with Gasteiger partial charge >= 0.3 is 0 Å². The van der Waals surface area contributed by atoms with E-state index < -0.39 is 0 Å². The molecule has 1 aromatic heterocycles. The highest BCUT2D eigenvalue weighted by Gasteiger charge is 2.23. The second kappa shape index (κ2) is 10.4. The van der Waals surface area contributed by atoms with Crippen molar-refractivity contribution in [2.24, 2.45) is 0 Å². The maximum atomic E-state index is 12.9. The number of nitrogens with zero attached hydrogens (tertiary/aromatic N) is 3. The van der Waals surface area contributed by atoms with Gasteiger partial charge in [0.2, 0.25) is 11.8 Å². The standard InChI is InChI=1S/C27H26ClN3O2/c1-3-26(32)30(18-21-11-6-4-7-12-21)19-25-20(2)29-31(23-14-10-13-22(28)17-23)27(25)33-24-15-8-5-9-16-24/h4-17H,3,18-19H2,1-2H3. The molecule has 0 unspecified atom stereocenters. The lowest BCUT2D eigenvalue weighted by atomic mass is 10.1. The van der Waals surface area contributed by atoms with Crippen LogP contribution >= 0.6 is 11.6 Å². The molecule has 0 saturated heterocycles. The largest absolute Gasteiger partial charge is 0.439 e. The first kappa shape index (κ1) is 22.6. The van der Waals surface area contributed by atoms with Gasteiger partial charge in [0.15, 0.2) is 0 Å². The van der Waals surface area contributed by atoms with E-state index in [0.717, 1.165) is 22.5 Å². The van der Waals surface area contributed by atoms with Crippen molar-refractivity contribution in [2.45, 2.75) is 33.4 Å². The van der Waals surface area contributed by atoms with Crippen LogP contribution < -0.4 is 4.74 Å². The number of hydrogen-bond acceptors (Lipinski definition) is 3. The normalized spacial score (nSPS) is 10.8. The smallest absolute Gasteiger partial charge is 0.227 e. The molecule has 4 rings (SSSR count). The molecule has 0 N–H and O–H groups in total. The van der Waals surface area contributed by atoms with Crippen LogP contribution in [0, 0.1) is 6.92 Å². The van der Waals surface area contributed by atoms with Crippen LogP contribution in [0.4, 0.5) is 0 Å². The summed E-state index contributed by atoms with van der Waals surface area (Å²) in [5, 5.41) is 5.37. The molecule has 0 aliphatic rings. The van der Waals surface area contributed by atoms with Crippen LogP contribution in [-0.2, 0) is 17.9 Å². The molecule has 0 fully saturated rings.